The number of rotatable bonds is 7. The maximum atomic E-state index is 12.3. The van der Waals surface area contributed by atoms with Gasteiger partial charge in [0, 0.05) is 12.2 Å². The first-order chi connectivity index (χ1) is 12.7. The summed E-state index contributed by atoms with van der Waals surface area (Å²) in [5.74, 6) is -1.31. The van der Waals surface area contributed by atoms with Crippen molar-refractivity contribution in [3.63, 3.8) is 0 Å². The molecule has 2 atom stereocenters. The molecule has 0 aromatic carbocycles. The molecule has 1 N–H and O–H groups in total. The third-order valence-electron chi connectivity index (χ3n) is 3.63. The van der Waals surface area contributed by atoms with Crippen molar-refractivity contribution in [2.75, 3.05) is 12.4 Å². The van der Waals surface area contributed by atoms with Gasteiger partial charge in [-0.15, -0.1) is 5.10 Å². The molecule has 1 aliphatic carbocycles. The molecular formula is C14H13ClF3N5O3S. The molecule has 2 aromatic rings. The lowest BCUT2D eigenvalue weighted by molar-refractivity contribution is -0.143. The van der Waals surface area contributed by atoms with E-state index >= 15 is 0 Å². The van der Waals surface area contributed by atoms with Crippen molar-refractivity contribution in [1.82, 2.24) is 25.0 Å². The van der Waals surface area contributed by atoms with Crippen LogP contribution in [0.25, 0.3) is 11.2 Å². The van der Waals surface area contributed by atoms with E-state index in [1.807, 2.05) is 0 Å². The summed E-state index contributed by atoms with van der Waals surface area (Å²) in [5.41, 5.74) is 0.526. The lowest BCUT2D eigenvalue weighted by atomic mass is 10.2. The smallest absolute Gasteiger partial charge is 0.389 e. The molecule has 0 radical (unpaired) electrons. The van der Waals surface area contributed by atoms with Gasteiger partial charge in [0.05, 0.1) is 18.6 Å². The standard InChI is InChI=1S/C14H13ClF3N5O3S/c15-11-10-12(20-13(19-11)27-4-3-14(16,17)18)23(22-21-10)7-1-2-8(5-7)26-6-9(24)25/h1-2,7-8H,3-6H2,(H,24,25)/t7-,8+/m0/s1. The van der Waals surface area contributed by atoms with Gasteiger partial charge in [-0.05, 0) is 0 Å². The number of hydrogen-bond acceptors (Lipinski definition) is 7. The second-order valence-electron chi connectivity index (χ2n) is 5.65. The lowest BCUT2D eigenvalue weighted by Gasteiger charge is -2.12. The zero-order chi connectivity index (χ0) is 19.6. The van der Waals surface area contributed by atoms with Gasteiger partial charge in [0.2, 0.25) is 0 Å². The third-order valence-corrected chi connectivity index (χ3v) is 4.75. The van der Waals surface area contributed by atoms with Crippen molar-refractivity contribution in [2.45, 2.75) is 36.3 Å². The summed E-state index contributed by atoms with van der Waals surface area (Å²) in [6.45, 7) is -0.423. The number of hydrogen-bond donors (Lipinski definition) is 1. The molecule has 0 aliphatic heterocycles. The Morgan fingerprint density at radius 3 is 2.89 bits per heavy atom. The van der Waals surface area contributed by atoms with Crippen molar-refractivity contribution in [3.05, 3.63) is 17.3 Å². The number of aromatic nitrogens is 5. The van der Waals surface area contributed by atoms with Crippen LogP contribution in [0, 0.1) is 0 Å². The van der Waals surface area contributed by atoms with Crippen LogP contribution in [0.4, 0.5) is 13.2 Å². The first-order valence-corrected chi connectivity index (χ1v) is 9.09. The maximum Gasteiger partial charge on any atom is 0.389 e. The molecule has 0 amide bonds. The second-order valence-corrected chi connectivity index (χ2v) is 7.07. The molecule has 3 rings (SSSR count). The van der Waals surface area contributed by atoms with Crippen LogP contribution in [0.1, 0.15) is 18.9 Å². The zero-order valence-electron chi connectivity index (χ0n) is 13.6. The van der Waals surface area contributed by atoms with Crippen LogP contribution in [0.3, 0.4) is 0 Å². The molecule has 27 heavy (non-hydrogen) atoms. The van der Waals surface area contributed by atoms with Crippen LogP contribution in [-0.4, -0.2) is 60.7 Å². The molecule has 2 heterocycles. The van der Waals surface area contributed by atoms with Crippen molar-refractivity contribution >= 4 is 40.5 Å². The summed E-state index contributed by atoms with van der Waals surface area (Å²) in [6, 6.07) is -0.298. The van der Waals surface area contributed by atoms with Crippen molar-refractivity contribution in [3.8, 4) is 0 Å². The lowest BCUT2D eigenvalue weighted by Crippen LogP contribution is -2.17. The molecule has 0 bridgehead atoms. The number of carbonyl (C=O) groups is 1. The minimum Gasteiger partial charge on any atom is -0.480 e. The Kier molecular flexibility index (Phi) is 5.86. The molecule has 0 fully saturated rings. The van der Waals surface area contributed by atoms with Gasteiger partial charge >= 0.3 is 12.1 Å². The van der Waals surface area contributed by atoms with Crippen LogP contribution in [0.15, 0.2) is 17.3 Å². The van der Waals surface area contributed by atoms with E-state index in [1.54, 1.807) is 12.2 Å². The summed E-state index contributed by atoms with van der Waals surface area (Å²) in [5, 5.41) is 16.7. The van der Waals surface area contributed by atoms with Crippen LogP contribution >= 0.6 is 23.4 Å². The average molecular weight is 424 g/mol. The summed E-state index contributed by atoms with van der Waals surface area (Å²) in [7, 11) is 0. The van der Waals surface area contributed by atoms with E-state index in [0.29, 0.717) is 6.42 Å². The Hall–Kier alpha value is -1.92. The molecule has 2 aromatic heterocycles. The summed E-state index contributed by atoms with van der Waals surface area (Å²) in [6.07, 6.45) is -1.73. The maximum absolute atomic E-state index is 12.3. The Balaban J connectivity index is 1.75. The van der Waals surface area contributed by atoms with E-state index in [9.17, 15) is 18.0 Å². The molecule has 1 aliphatic rings. The van der Waals surface area contributed by atoms with Gasteiger partial charge in [-0.3, -0.25) is 0 Å². The fourth-order valence-corrected chi connectivity index (χ4v) is 3.53. The van der Waals surface area contributed by atoms with E-state index in [0.717, 1.165) is 11.8 Å². The SMILES string of the molecule is O=C(O)CO[C@@H]1C=C[C@H](n2nnc3c(Cl)nc(SCCC(F)(F)F)nc32)C1. The minimum absolute atomic E-state index is 0.00131. The van der Waals surface area contributed by atoms with Gasteiger partial charge in [0.15, 0.2) is 21.5 Å². The highest BCUT2D eigenvalue weighted by Gasteiger charge is 2.28. The quantitative estimate of drug-likeness (QED) is 0.314. The first kappa shape index (κ1) is 19.8. The molecule has 0 saturated carbocycles. The van der Waals surface area contributed by atoms with Gasteiger partial charge < -0.3 is 9.84 Å². The highest BCUT2D eigenvalue weighted by atomic mass is 35.5. The van der Waals surface area contributed by atoms with Crippen molar-refractivity contribution in [2.24, 2.45) is 0 Å². The molecule has 0 unspecified atom stereocenters. The first-order valence-electron chi connectivity index (χ1n) is 7.72. The van der Waals surface area contributed by atoms with E-state index in [1.165, 1.54) is 4.68 Å². The van der Waals surface area contributed by atoms with Gasteiger partial charge in [-0.2, -0.15) is 13.2 Å². The number of nitrogens with zero attached hydrogens (tertiary/aromatic N) is 5. The molecular weight excluding hydrogens is 411 g/mol. The number of carboxylic acid groups (broad SMARTS) is 1. The fourth-order valence-electron chi connectivity index (χ4n) is 2.46. The summed E-state index contributed by atoms with van der Waals surface area (Å²) >= 11 is 6.89. The van der Waals surface area contributed by atoms with Crippen LogP contribution < -0.4 is 0 Å². The molecule has 0 saturated heterocycles. The number of alkyl halides is 3. The van der Waals surface area contributed by atoms with Crippen molar-refractivity contribution < 1.29 is 27.8 Å². The largest absolute Gasteiger partial charge is 0.480 e. The normalized spacial score (nSPS) is 19.9. The fraction of sp³-hybridized carbons (Fsp3) is 0.500. The van der Waals surface area contributed by atoms with Crippen LogP contribution in [-0.2, 0) is 9.53 Å². The third kappa shape index (κ3) is 5.08. The summed E-state index contributed by atoms with van der Waals surface area (Å²) < 4.78 is 43.6. The number of ether oxygens (including phenoxy) is 1. The Labute approximate surface area is 159 Å². The van der Waals surface area contributed by atoms with E-state index in [2.05, 4.69) is 20.3 Å². The van der Waals surface area contributed by atoms with E-state index in [-0.39, 0.29) is 33.3 Å². The zero-order valence-corrected chi connectivity index (χ0v) is 15.1. The molecule has 8 nitrogen and oxygen atoms in total. The number of halogens is 4. The Morgan fingerprint density at radius 1 is 1.41 bits per heavy atom. The highest BCUT2D eigenvalue weighted by Crippen LogP contribution is 2.30. The number of allylic oxidation sites excluding steroid dienone is 1. The van der Waals surface area contributed by atoms with E-state index in [4.69, 9.17) is 21.4 Å². The topological polar surface area (TPSA) is 103 Å². The molecule has 146 valence electrons. The van der Waals surface area contributed by atoms with Gasteiger partial charge in [-0.25, -0.2) is 19.4 Å². The predicted molar refractivity (Wildman–Crippen MR) is 89.7 cm³/mol. The number of aliphatic carboxylic acids is 1. The van der Waals surface area contributed by atoms with E-state index < -0.39 is 31.3 Å². The monoisotopic (exact) mass is 423 g/mol. The minimum atomic E-state index is -4.26. The van der Waals surface area contributed by atoms with Crippen LogP contribution in [0.5, 0.6) is 0 Å². The van der Waals surface area contributed by atoms with Gasteiger partial charge in [0.1, 0.15) is 6.61 Å². The van der Waals surface area contributed by atoms with Crippen molar-refractivity contribution in [1.29, 1.82) is 0 Å². The average Bonchev–Trinajstić information content (AvgIpc) is 3.18. The van der Waals surface area contributed by atoms with Gasteiger partial charge in [-0.1, -0.05) is 40.7 Å². The molecule has 13 heteroatoms. The number of carboxylic acids is 1. The Morgan fingerprint density at radius 2 is 2.19 bits per heavy atom. The van der Waals surface area contributed by atoms with Gasteiger partial charge in [0.25, 0.3) is 0 Å². The summed E-state index contributed by atoms with van der Waals surface area (Å²) in [4.78, 5) is 18.8. The predicted octanol–water partition coefficient (Wildman–Crippen LogP) is 2.89. The number of fused-ring (bicyclic) bond motifs is 1. The molecule has 0 spiro atoms. The highest BCUT2D eigenvalue weighted by molar-refractivity contribution is 7.99. The number of thioether (sulfide) groups is 1. The Bertz CT molecular complexity index is 876. The van der Waals surface area contributed by atoms with Crippen LogP contribution in [0.2, 0.25) is 5.15 Å². The second kappa shape index (κ2) is 7.98.